The Morgan fingerprint density at radius 1 is 1.45 bits per heavy atom. The monoisotopic (exact) mass is 279 g/mol. The maximum Gasteiger partial charge on any atom is 0.248 e. The summed E-state index contributed by atoms with van der Waals surface area (Å²) in [6, 6.07) is 3.95. The Morgan fingerprint density at radius 3 is 2.85 bits per heavy atom. The number of piperidine rings is 1. The lowest BCUT2D eigenvalue weighted by molar-refractivity contribution is -0.120. The predicted octanol–water partition coefficient (Wildman–Crippen LogP) is 1.25. The van der Waals surface area contributed by atoms with Crippen molar-refractivity contribution in [3.63, 3.8) is 0 Å². The molecule has 1 aromatic rings. The van der Waals surface area contributed by atoms with Gasteiger partial charge in [-0.1, -0.05) is 0 Å². The molecule has 1 fully saturated rings. The zero-order valence-electron chi connectivity index (χ0n) is 11.3. The molecule has 2 atom stereocenters. The molecule has 1 aliphatic heterocycles. The minimum absolute atomic E-state index is 0.00233. The van der Waals surface area contributed by atoms with E-state index in [0.717, 1.165) is 12.6 Å². The van der Waals surface area contributed by atoms with Crippen LogP contribution in [-0.2, 0) is 4.79 Å². The van der Waals surface area contributed by atoms with Crippen molar-refractivity contribution in [2.75, 3.05) is 11.9 Å². The number of primary amides is 1. The minimum Gasteiger partial charge on any atom is -0.366 e. The topological polar surface area (TPSA) is 84.2 Å². The van der Waals surface area contributed by atoms with Crippen molar-refractivity contribution in [3.05, 3.63) is 29.6 Å². The molecule has 0 spiro atoms. The zero-order chi connectivity index (χ0) is 14.7. The summed E-state index contributed by atoms with van der Waals surface area (Å²) < 4.78 is 13.7. The van der Waals surface area contributed by atoms with E-state index in [2.05, 4.69) is 10.6 Å². The van der Waals surface area contributed by atoms with Gasteiger partial charge in [0.1, 0.15) is 5.82 Å². The number of nitrogens with two attached hydrogens (primary N) is 1. The van der Waals surface area contributed by atoms with E-state index in [9.17, 15) is 14.0 Å². The van der Waals surface area contributed by atoms with E-state index in [4.69, 9.17) is 5.73 Å². The van der Waals surface area contributed by atoms with Crippen LogP contribution in [0.25, 0.3) is 0 Å². The van der Waals surface area contributed by atoms with E-state index >= 15 is 0 Å². The van der Waals surface area contributed by atoms with Crippen molar-refractivity contribution in [1.29, 1.82) is 0 Å². The maximum atomic E-state index is 13.7. The molecule has 0 aromatic heterocycles. The number of anilines is 1. The molecule has 20 heavy (non-hydrogen) atoms. The number of carbonyl (C=O) groups is 2. The molecule has 0 bridgehead atoms. The van der Waals surface area contributed by atoms with Gasteiger partial charge in [0, 0.05) is 17.5 Å². The molecule has 1 saturated heterocycles. The van der Waals surface area contributed by atoms with E-state index in [1.54, 1.807) is 0 Å². The fraction of sp³-hybridized carbons (Fsp3) is 0.429. The Labute approximate surface area is 116 Å². The highest BCUT2D eigenvalue weighted by Gasteiger charge is 2.25. The summed E-state index contributed by atoms with van der Waals surface area (Å²) in [6.07, 6.45) is 1.43. The van der Waals surface area contributed by atoms with Crippen molar-refractivity contribution < 1.29 is 14.0 Å². The van der Waals surface area contributed by atoms with Gasteiger partial charge in [-0.2, -0.15) is 0 Å². The van der Waals surface area contributed by atoms with Gasteiger partial charge in [-0.05, 0) is 44.5 Å². The van der Waals surface area contributed by atoms with Crippen LogP contribution in [0, 0.1) is 11.7 Å². The van der Waals surface area contributed by atoms with Crippen molar-refractivity contribution in [3.8, 4) is 0 Å². The number of hydrogen-bond acceptors (Lipinski definition) is 3. The first kappa shape index (κ1) is 14.5. The van der Waals surface area contributed by atoms with Crippen LogP contribution in [0.5, 0.6) is 0 Å². The second kappa shape index (κ2) is 6.00. The summed E-state index contributed by atoms with van der Waals surface area (Å²) in [5.41, 5.74) is 5.31. The maximum absolute atomic E-state index is 13.7. The number of benzene rings is 1. The summed E-state index contributed by atoms with van der Waals surface area (Å²) in [5.74, 6) is -1.61. The molecule has 1 heterocycles. The lowest BCUT2D eigenvalue weighted by Gasteiger charge is -2.27. The average molecular weight is 279 g/mol. The van der Waals surface area contributed by atoms with E-state index in [-0.39, 0.29) is 29.1 Å². The van der Waals surface area contributed by atoms with Crippen LogP contribution >= 0.6 is 0 Å². The first-order chi connectivity index (χ1) is 9.47. The molecule has 4 N–H and O–H groups in total. The highest BCUT2D eigenvalue weighted by molar-refractivity contribution is 5.97. The molecule has 5 nitrogen and oxygen atoms in total. The molecule has 2 amide bonds. The largest absolute Gasteiger partial charge is 0.366 e. The van der Waals surface area contributed by atoms with Gasteiger partial charge in [-0.15, -0.1) is 0 Å². The molecule has 2 rings (SSSR count). The quantitative estimate of drug-likeness (QED) is 0.778. The van der Waals surface area contributed by atoms with Crippen molar-refractivity contribution in [1.82, 2.24) is 5.32 Å². The lowest BCUT2D eigenvalue weighted by atomic mass is 9.92. The molecule has 108 valence electrons. The van der Waals surface area contributed by atoms with Gasteiger partial charge in [0.25, 0.3) is 0 Å². The van der Waals surface area contributed by atoms with Gasteiger partial charge in [0.05, 0.1) is 5.69 Å². The molecule has 1 aromatic carbocycles. The third kappa shape index (κ3) is 3.33. The minimum atomic E-state index is -0.656. The van der Waals surface area contributed by atoms with Crippen molar-refractivity contribution in [2.45, 2.75) is 25.8 Å². The highest BCUT2D eigenvalue weighted by Crippen LogP contribution is 2.21. The fourth-order valence-electron chi connectivity index (χ4n) is 2.38. The van der Waals surface area contributed by atoms with Crippen molar-refractivity contribution in [2.24, 2.45) is 11.7 Å². The number of rotatable bonds is 3. The fourth-order valence-corrected chi connectivity index (χ4v) is 2.38. The Hall–Kier alpha value is -1.95. The Morgan fingerprint density at radius 2 is 2.20 bits per heavy atom. The molecule has 1 aliphatic rings. The summed E-state index contributed by atoms with van der Waals surface area (Å²) in [4.78, 5) is 23.2. The number of nitrogens with one attached hydrogen (secondary N) is 2. The third-order valence-electron chi connectivity index (χ3n) is 3.50. The molecule has 2 unspecified atom stereocenters. The lowest BCUT2D eigenvalue weighted by Crippen LogP contribution is -2.40. The van der Waals surface area contributed by atoms with Gasteiger partial charge < -0.3 is 16.4 Å². The van der Waals surface area contributed by atoms with E-state index in [0.29, 0.717) is 12.8 Å². The molecule has 6 heteroatoms. The number of amides is 2. The van der Waals surface area contributed by atoms with Crippen LogP contribution in [0.4, 0.5) is 10.1 Å². The average Bonchev–Trinajstić information content (AvgIpc) is 2.41. The smallest absolute Gasteiger partial charge is 0.248 e. The standard InChI is InChI=1S/C14H18FN3O2/c1-8-6-10(4-5-17-8)14(20)18-12-7-9(13(16)19)2-3-11(12)15/h2-3,7-8,10,17H,4-6H2,1H3,(H2,16,19)(H,18,20). The van der Waals surface area contributed by atoms with E-state index in [1.807, 2.05) is 6.92 Å². The summed E-state index contributed by atoms with van der Waals surface area (Å²) in [7, 11) is 0. The van der Waals surface area contributed by atoms with Crippen LogP contribution in [0.3, 0.4) is 0 Å². The second-order valence-corrected chi connectivity index (χ2v) is 5.12. The number of halogens is 1. The Bertz CT molecular complexity index is 533. The summed E-state index contributed by atoms with van der Waals surface area (Å²) >= 11 is 0. The Balaban J connectivity index is 2.10. The van der Waals surface area contributed by atoms with Gasteiger partial charge in [-0.25, -0.2) is 4.39 Å². The Kier molecular flexibility index (Phi) is 4.34. The van der Waals surface area contributed by atoms with E-state index < -0.39 is 11.7 Å². The van der Waals surface area contributed by atoms with Crippen LogP contribution < -0.4 is 16.4 Å². The van der Waals surface area contributed by atoms with Gasteiger partial charge in [0.2, 0.25) is 11.8 Å². The zero-order valence-corrected chi connectivity index (χ0v) is 11.3. The predicted molar refractivity (Wildman–Crippen MR) is 73.7 cm³/mol. The third-order valence-corrected chi connectivity index (χ3v) is 3.50. The summed E-state index contributed by atoms with van der Waals surface area (Å²) in [6.45, 7) is 2.77. The first-order valence-electron chi connectivity index (χ1n) is 6.61. The SMILES string of the molecule is CC1CC(C(=O)Nc2cc(C(N)=O)ccc2F)CCN1. The molecular weight excluding hydrogens is 261 g/mol. The summed E-state index contributed by atoms with van der Waals surface area (Å²) in [5, 5.41) is 5.80. The number of hydrogen-bond donors (Lipinski definition) is 3. The first-order valence-corrected chi connectivity index (χ1v) is 6.61. The molecule has 0 radical (unpaired) electrons. The molecule has 0 saturated carbocycles. The van der Waals surface area contributed by atoms with Gasteiger partial charge in [0.15, 0.2) is 0 Å². The normalized spacial score (nSPS) is 22.3. The van der Waals surface area contributed by atoms with Gasteiger partial charge in [-0.3, -0.25) is 9.59 Å². The van der Waals surface area contributed by atoms with Crippen LogP contribution in [0.2, 0.25) is 0 Å². The second-order valence-electron chi connectivity index (χ2n) is 5.12. The van der Waals surface area contributed by atoms with Crippen molar-refractivity contribution >= 4 is 17.5 Å². The highest BCUT2D eigenvalue weighted by atomic mass is 19.1. The molecular formula is C14H18FN3O2. The van der Waals surface area contributed by atoms with Crippen LogP contribution in [0.1, 0.15) is 30.1 Å². The van der Waals surface area contributed by atoms with E-state index in [1.165, 1.54) is 12.1 Å². The van der Waals surface area contributed by atoms with Gasteiger partial charge >= 0.3 is 0 Å². The van der Waals surface area contributed by atoms with Crippen LogP contribution in [0.15, 0.2) is 18.2 Å². The number of carbonyl (C=O) groups excluding carboxylic acids is 2. The molecule has 0 aliphatic carbocycles. The van der Waals surface area contributed by atoms with Crippen LogP contribution in [-0.4, -0.2) is 24.4 Å².